The van der Waals surface area contributed by atoms with Crippen molar-refractivity contribution in [3.8, 4) is 0 Å². The van der Waals surface area contributed by atoms with Gasteiger partial charge in [0.15, 0.2) is 5.78 Å². The molecule has 0 spiro atoms. The molecule has 0 unspecified atom stereocenters. The second-order valence-corrected chi connectivity index (χ2v) is 4.99. The van der Waals surface area contributed by atoms with Gasteiger partial charge < -0.3 is 10.1 Å². The maximum absolute atomic E-state index is 11.6. The summed E-state index contributed by atoms with van der Waals surface area (Å²) in [4.78, 5) is 22.7. The van der Waals surface area contributed by atoms with Crippen LogP contribution in [0.1, 0.15) is 28.4 Å². The van der Waals surface area contributed by atoms with Crippen molar-refractivity contribution in [1.82, 2.24) is 5.32 Å². The molecule has 4 heteroatoms. The van der Waals surface area contributed by atoms with E-state index in [1.165, 1.54) is 0 Å². The van der Waals surface area contributed by atoms with Crippen LogP contribution in [0.2, 0.25) is 0 Å². The van der Waals surface area contributed by atoms with E-state index >= 15 is 0 Å². The molecule has 0 saturated carbocycles. The highest BCUT2D eigenvalue weighted by Crippen LogP contribution is 2.05. The molecule has 0 heterocycles. The van der Waals surface area contributed by atoms with Crippen LogP contribution in [-0.2, 0) is 17.8 Å². The van der Waals surface area contributed by atoms with E-state index in [9.17, 15) is 9.59 Å². The minimum Gasteiger partial charge on any atom is -0.445 e. The van der Waals surface area contributed by atoms with Gasteiger partial charge >= 0.3 is 6.09 Å². The van der Waals surface area contributed by atoms with Gasteiger partial charge in [0.05, 0.1) is 0 Å². The van der Waals surface area contributed by atoms with E-state index in [0.29, 0.717) is 18.5 Å². The van der Waals surface area contributed by atoms with Gasteiger partial charge in [0.2, 0.25) is 0 Å². The zero-order valence-corrected chi connectivity index (χ0v) is 12.5. The predicted octanol–water partition coefficient (Wildman–Crippen LogP) is 3.36. The van der Waals surface area contributed by atoms with Crippen LogP contribution in [0.15, 0.2) is 54.6 Å². The van der Waals surface area contributed by atoms with Crippen molar-refractivity contribution in [2.24, 2.45) is 0 Å². The minimum absolute atomic E-state index is 0.0502. The van der Waals surface area contributed by atoms with E-state index in [1.54, 1.807) is 19.1 Å². The number of ketones is 1. The molecule has 0 aliphatic heterocycles. The van der Waals surface area contributed by atoms with Crippen LogP contribution >= 0.6 is 0 Å². The Bertz CT molecular complexity index is 621. The Balaban J connectivity index is 1.69. The molecule has 2 aromatic rings. The second kappa shape index (κ2) is 7.98. The third-order valence-corrected chi connectivity index (χ3v) is 3.26. The molecule has 0 saturated heterocycles. The highest BCUT2D eigenvalue weighted by molar-refractivity contribution is 5.94. The Morgan fingerprint density at radius 2 is 1.64 bits per heavy atom. The Kier molecular flexibility index (Phi) is 5.72. The van der Waals surface area contributed by atoms with E-state index in [0.717, 1.165) is 11.1 Å². The molecule has 1 amide bonds. The van der Waals surface area contributed by atoms with Crippen molar-refractivity contribution in [3.63, 3.8) is 0 Å². The number of carbonyl (C=O) groups is 2. The number of nitrogens with one attached hydrogen (secondary N) is 1. The van der Waals surface area contributed by atoms with Gasteiger partial charge in [-0.3, -0.25) is 4.79 Å². The summed E-state index contributed by atoms with van der Waals surface area (Å²) >= 11 is 0. The summed E-state index contributed by atoms with van der Waals surface area (Å²) in [5.74, 6) is 0.0502. The zero-order valence-electron chi connectivity index (χ0n) is 12.5. The van der Waals surface area contributed by atoms with Gasteiger partial charge in [0.1, 0.15) is 6.61 Å². The Hall–Kier alpha value is -2.62. The van der Waals surface area contributed by atoms with Crippen LogP contribution < -0.4 is 5.32 Å². The molecule has 2 aromatic carbocycles. The van der Waals surface area contributed by atoms with Crippen LogP contribution in [0.3, 0.4) is 0 Å². The number of hydrogen-bond donors (Lipinski definition) is 1. The van der Waals surface area contributed by atoms with Gasteiger partial charge in [-0.15, -0.1) is 0 Å². The van der Waals surface area contributed by atoms with Crippen molar-refractivity contribution >= 4 is 11.9 Å². The average molecular weight is 297 g/mol. The molecule has 0 radical (unpaired) electrons. The number of benzene rings is 2. The molecular formula is C18H19NO3. The van der Waals surface area contributed by atoms with Crippen LogP contribution in [0, 0.1) is 0 Å². The molecule has 0 bridgehead atoms. The molecule has 114 valence electrons. The summed E-state index contributed by atoms with van der Waals surface area (Å²) in [5.41, 5.74) is 2.71. The third-order valence-electron chi connectivity index (χ3n) is 3.26. The van der Waals surface area contributed by atoms with E-state index in [1.807, 2.05) is 42.5 Å². The van der Waals surface area contributed by atoms with Crippen LogP contribution in [0.4, 0.5) is 4.79 Å². The Morgan fingerprint density at radius 3 is 2.27 bits per heavy atom. The Morgan fingerprint density at radius 1 is 0.955 bits per heavy atom. The first-order chi connectivity index (χ1) is 10.6. The van der Waals surface area contributed by atoms with Gasteiger partial charge in [0.25, 0.3) is 0 Å². The van der Waals surface area contributed by atoms with Gasteiger partial charge in [-0.05, 0) is 24.5 Å². The largest absolute Gasteiger partial charge is 0.445 e. The quantitative estimate of drug-likeness (QED) is 0.832. The van der Waals surface area contributed by atoms with Crippen molar-refractivity contribution in [2.75, 3.05) is 6.54 Å². The lowest BCUT2D eigenvalue weighted by Gasteiger charge is -2.07. The van der Waals surface area contributed by atoms with E-state index in [-0.39, 0.29) is 12.4 Å². The molecule has 4 nitrogen and oxygen atoms in total. The zero-order chi connectivity index (χ0) is 15.8. The van der Waals surface area contributed by atoms with Crippen molar-refractivity contribution in [3.05, 3.63) is 71.3 Å². The van der Waals surface area contributed by atoms with Crippen LogP contribution in [-0.4, -0.2) is 18.4 Å². The fraction of sp³-hybridized carbons (Fsp3) is 0.222. The first kappa shape index (κ1) is 15.8. The first-order valence-electron chi connectivity index (χ1n) is 7.19. The van der Waals surface area contributed by atoms with Crippen molar-refractivity contribution < 1.29 is 14.3 Å². The summed E-state index contributed by atoms with van der Waals surface area (Å²) in [6.45, 7) is 2.30. The van der Waals surface area contributed by atoms with Crippen molar-refractivity contribution in [1.29, 1.82) is 0 Å². The summed E-state index contributed by atoms with van der Waals surface area (Å²) in [6.07, 6.45) is 0.266. The molecule has 2 rings (SSSR count). The van der Waals surface area contributed by atoms with E-state index in [4.69, 9.17) is 4.74 Å². The third kappa shape index (κ3) is 5.05. The van der Waals surface area contributed by atoms with Crippen molar-refractivity contribution in [2.45, 2.75) is 20.0 Å². The van der Waals surface area contributed by atoms with Gasteiger partial charge in [-0.25, -0.2) is 4.79 Å². The molecule has 1 N–H and O–H groups in total. The maximum atomic E-state index is 11.6. The number of ether oxygens (including phenoxy) is 1. The molecular weight excluding hydrogens is 278 g/mol. The lowest BCUT2D eigenvalue weighted by Crippen LogP contribution is -2.26. The number of hydrogen-bond acceptors (Lipinski definition) is 3. The first-order valence-corrected chi connectivity index (χ1v) is 7.19. The summed E-state index contributed by atoms with van der Waals surface area (Å²) in [7, 11) is 0. The molecule has 0 aromatic heterocycles. The number of Topliss-reactive ketones (excluding diaryl/α,β-unsaturated/α-hetero) is 1. The highest BCUT2D eigenvalue weighted by atomic mass is 16.5. The fourth-order valence-electron chi connectivity index (χ4n) is 1.99. The molecule has 0 aliphatic rings. The monoisotopic (exact) mass is 297 g/mol. The number of rotatable bonds is 6. The van der Waals surface area contributed by atoms with Crippen LogP contribution in [0.5, 0.6) is 0 Å². The maximum Gasteiger partial charge on any atom is 0.407 e. The van der Waals surface area contributed by atoms with E-state index in [2.05, 4.69) is 5.32 Å². The second-order valence-electron chi connectivity index (χ2n) is 4.99. The lowest BCUT2D eigenvalue weighted by molar-refractivity contribution is 0.101. The molecule has 0 fully saturated rings. The highest BCUT2D eigenvalue weighted by Gasteiger charge is 2.03. The topological polar surface area (TPSA) is 55.4 Å². The molecule has 0 aliphatic carbocycles. The minimum atomic E-state index is -0.427. The smallest absolute Gasteiger partial charge is 0.407 e. The predicted molar refractivity (Wildman–Crippen MR) is 84.8 cm³/mol. The fourth-order valence-corrected chi connectivity index (χ4v) is 1.99. The number of alkyl carbamates (subject to hydrolysis) is 1. The number of amides is 1. The Labute approximate surface area is 130 Å². The number of carbonyl (C=O) groups excluding carboxylic acids is 2. The summed E-state index contributed by atoms with van der Waals surface area (Å²) < 4.78 is 5.12. The summed E-state index contributed by atoms with van der Waals surface area (Å²) in [6, 6.07) is 16.9. The van der Waals surface area contributed by atoms with E-state index < -0.39 is 6.09 Å². The summed E-state index contributed by atoms with van der Waals surface area (Å²) in [5, 5.41) is 2.71. The van der Waals surface area contributed by atoms with Gasteiger partial charge in [0, 0.05) is 12.1 Å². The van der Waals surface area contributed by atoms with Crippen LogP contribution in [0.25, 0.3) is 0 Å². The molecule has 22 heavy (non-hydrogen) atoms. The SMILES string of the molecule is CC(=O)c1ccc(CCNC(=O)OCc2ccccc2)cc1. The standard InChI is InChI=1S/C18H19NO3/c1-14(20)17-9-7-15(8-10-17)11-12-19-18(21)22-13-16-5-3-2-4-6-16/h2-10H,11-13H2,1H3,(H,19,21). The van der Waals surface area contributed by atoms with Gasteiger partial charge in [-0.1, -0.05) is 54.6 Å². The molecule has 0 atom stereocenters. The lowest BCUT2D eigenvalue weighted by atomic mass is 10.1. The average Bonchev–Trinajstić information content (AvgIpc) is 2.54. The normalized spacial score (nSPS) is 10.0. The van der Waals surface area contributed by atoms with Gasteiger partial charge in [-0.2, -0.15) is 0 Å².